The van der Waals surface area contributed by atoms with Crippen LogP contribution in [0, 0.1) is 12.8 Å². The number of ether oxygens (including phenoxy) is 2. The summed E-state index contributed by atoms with van der Waals surface area (Å²) in [6, 6.07) is 13.3. The molecule has 4 heteroatoms. The average molecular weight is 439 g/mol. The van der Waals surface area contributed by atoms with Crippen molar-refractivity contribution in [3.05, 3.63) is 59.2 Å². The van der Waals surface area contributed by atoms with Gasteiger partial charge in [0.15, 0.2) is 6.29 Å². The highest BCUT2D eigenvalue weighted by molar-refractivity contribution is 5.96. The van der Waals surface area contributed by atoms with Crippen LogP contribution in [0.15, 0.2) is 42.5 Å². The zero-order chi connectivity index (χ0) is 23.3. The Bertz CT molecular complexity index is 906. The maximum Gasteiger partial charge on any atom is 0.336 e. The first kappa shape index (κ1) is 24.5. The van der Waals surface area contributed by atoms with Gasteiger partial charge in [0.05, 0.1) is 17.3 Å². The molecule has 1 saturated carbocycles. The van der Waals surface area contributed by atoms with Crippen molar-refractivity contribution in [2.24, 2.45) is 5.92 Å². The molecule has 0 radical (unpaired) electrons. The van der Waals surface area contributed by atoms with Crippen molar-refractivity contribution in [1.29, 1.82) is 0 Å². The summed E-state index contributed by atoms with van der Waals surface area (Å²) in [6.07, 6.45) is 7.07. The zero-order valence-electron chi connectivity index (χ0n) is 20.2. The fraction of sp³-hybridized carbons (Fsp3) is 0.536. The summed E-state index contributed by atoms with van der Waals surface area (Å²) in [6.45, 7) is 10.2. The number of aryl methyl sites for hydroxylation is 1. The van der Waals surface area contributed by atoms with Crippen LogP contribution in [0.5, 0.6) is 0 Å². The molecule has 0 amide bonds. The molecule has 0 saturated heterocycles. The number of carbonyl (C=O) groups is 1. The van der Waals surface area contributed by atoms with E-state index in [9.17, 15) is 9.90 Å². The Balaban J connectivity index is 1.92. The summed E-state index contributed by atoms with van der Waals surface area (Å²) in [7, 11) is 0. The molecule has 0 aliphatic heterocycles. The number of hydrogen-bond donors (Lipinski definition) is 1. The van der Waals surface area contributed by atoms with Gasteiger partial charge in [0.1, 0.15) is 0 Å². The highest BCUT2D eigenvalue weighted by atomic mass is 16.7. The van der Waals surface area contributed by atoms with Gasteiger partial charge in [0, 0.05) is 5.56 Å². The normalized spacial score (nSPS) is 17.2. The number of carboxylic acid groups (broad SMARTS) is 1. The van der Waals surface area contributed by atoms with Gasteiger partial charge in [-0.25, -0.2) is 4.79 Å². The van der Waals surface area contributed by atoms with Gasteiger partial charge in [0.2, 0.25) is 0 Å². The van der Waals surface area contributed by atoms with Crippen molar-refractivity contribution in [2.75, 3.05) is 0 Å². The second kappa shape index (κ2) is 10.6. The first-order valence-corrected chi connectivity index (χ1v) is 11.9. The number of aromatic carboxylic acids is 1. The van der Waals surface area contributed by atoms with Crippen LogP contribution in [0.25, 0.3) is 11.1 Å². The van der Waals surface area contributed by atoms with E-state index in [1.165, 1.54) is 32.1 Å². The van der Waals surface area contributed by atoms with Gasteiger partial charge < -0.3 is 14.6 Å². The standard InChI is InChI=1S/C28H38O4/c1-19-11-9-10-14-23(19)25-18-22(15-16-24(25)26(29)30)27(32-28(3,4)5)31-20(2)17-21-12-7-6-8-13-21/h9-11,14-16,18,20-21,27H,6-8,12-13,17H2,1-5H3,(H,29,30)/t20?,27-/m0/s1. The number of hydrogen-bond acceptors (Lipinski definition) is 3. The van der Waals surface area contributed by atoms with Gasteiger partial charge in [0.25, 0.3) is 0 Å². The molecule has 0 bridgehead atoms. The molecule has 174 valence electrons. The molecule has 2 aromatic rings. The van der Waals surface area contributed by atoms with Gasteiger partial charge in [-0.3, -0.25) is 0 Å². The fourth-order valence-electron chi connectivity index (χ4n) is 4.65. The minimum absolute atomic E-state index is 0.0616. The van der Waals surface area contributed by atoms with E-state index >= 15 is 0 Å². The minimum Gasteiger partial charge on any atom is -0.478 e. The zero-order valence-corrected chi connectivity index (χ0v) is 20.2. The van der Waals surface area contributed by atoms with Crippen molar-refractivity contribution < 1.29 is 19.4 Å². The summed E-state index contributed by atoms with van der Waals surface area (Å²) in [5.41, 5.74) is 3.37. The lowest BCUT2D eigenvalue weighted by Gasteiger charge is -2.32. The van der Waals surface area contributed by atoms with E-state index in [1.807, 2.05) is 64.1 Å². The number of rotatable bonds is 8. The van der Waals surface area contributed by atoms with E-state index in [0.29, 0.717) is 11.5 Å². The van der Waals surface area contributed by atoms with E-state index in [2.05, 4.69) is 6.92 Å². The molecule has 1 aliphatic rings. The van der Waals surface area contributed by atoms with Crippen molar-refractivity contribution in [3.8, 4) is 11.1 Å². The third-order valence-electron chi connectivity index (χ3n) is 6.19. The minimum atomic E-state index is -0.935. The molecule has 0 heterocycles. The highest BCUT2D eigenvalue weighted by Gasteiger charge is 2.26. The second-order valence-electron chi connectivity index (χ2n) is 10.2. The Hall–Kier alpha value is -2.17. The van der Waals surface area contributed by atoms with Gasteiger partial charge in [-0.1, -0.05) is 62.4 Å². The number of benzene rings is 2. The Morgan fingerprint density at radius 1 is 1.06 bits per heavy atom. The van der Waals surface area contributed by atoms with Crippen LogP contribution in [-0.4, -0.2) is 22.8 Å². The molecule has 0 spiro atoms. The molecule has 1 fully saturated rings. The summed E-state index contributed by atoms with van der Waals surface area (Å²) in [4.78, 5) is 12.0. The molecule has 3 rings (SSSR count). The van der Waals surface area contributed by atoms with Gasteiger partial charge >= 0.3 is 5.97 Å². The van der Waals surface area contributed by atoms with E-state index in [4.69, 9.17) is 9.47 Å². The Morgan fingerprint density at radius 3 is 2.38 bits per heavy atom. The quantitative estimate of drug-likeness (QED) is 0.432. The summed E-state index contributed by atoms with van der Waals surface area (Å²) in [5.74, 6) is -0.222. The van der Waals surface area contributed by atoms with E-state index in [0.717, 1.165) is 23.1 Å². The Kier molecular flexibility index (Phi) is 8.13. The monoisotopic (exact) mass is 438 g/mol. The topological polar surface area (TPSA) is 55.8 Å². The summed E-state index contributed by atoms with van der Waals surface area (Å²) in [5, 5.41) is 9.80. The van der Waals surface area contributed by atoms with Crippen LogP contribution in [0.3, 0.4) is 0 Å². The van der Waals surface area contributed by atoms with E-state index < -0.39 is 17.9 Å². The average Bonchev–Trinajstić information content (AvgIpc) is 2.73. The molecule has 0 aromatic heterocycles. The molecule has 4 nitrogen and oxygen atoms in total. The van der Waals surface area contributed by atoms with Crippen LogP contribution in [0.2, 0.25) is 0 Å². The maximum atomic E-state index is 12.0. The summed E-state index contributed by atoms with van der Waals surface area (Å²) < 4.78 is 12.8. The van der Waals surface area contributed by atoms with E-state index in [-0.39, 0.29) is 11.7 Å². The predicted molar refractivity (Wildman–Crippen MR) is 129 cm³/mol. The van der Waals surface area contributed by atoms with Crippen molar-refractivity contribution >= 4 is 5.97 Å². The van der Waals surface area contributed by atoms with Crippen LogP contribution in [-0.2, 0) is 9.47 Å². The van der Waals surface area contributed by atoms with E-state index in [1.54, 1.807) is 6.07 Å². The van der Waals surface area contributed by atoms with Crippen molar-refractivity contribution in [1.82, 2.24) is 0 Å². The third-order valence-corrected chi connectivity index (χ3v) is 6.19. The lowest BCUT2D eigenvalue weighted by molar-refractivity contribution is -0.220. The van der Waals surface area contributed by atoms with Gasteiger partial charge in [-0.15, -0.1) is 0 Å². The largest absolute Gasteiger partial charge is 0.478 e. The number of carboxylic acids is 1. The third kappa shape index (κ3) is 6.66. The molecular formula is C28H38O4. The molecule has 32 heavy (non-hydrogen) atoms. The Morgan fingerprint density at radius 2 is 1.75 bits per heavy atom. The smallest absolute Gasteiger partial charge is 0.336 e. The molecular weight excluding hydrogens is 400 g/mol. The molecule has 2 atom stereocenters. The lowest BCUT2D eigenvalue weighted by atomic mass is 9.85. The van der Waals surface area contributed by atoms with Gasteiger partial charge in [-0.2, -0.15) is 0 Å². The predicted octanol–water partition coefficient (Wildman–Crippen LogP) is 7.55. The highest BCUT2D eigenvalue weighted by Crippen LogP contribution is 2.35. The Labute approximate surface area is 193 Å². The van der Waals surface area contributed by atoms with Crippen LogP contribution < -0.4 is 0 Å². The SMILES string of the molecule is Cc1ccccc1-c1cc([C@@H](OC(C)CC2CCCCC2)OC(C)(C)C)ccc1C(=O)O. The fourth-order valence-corrected chi connectivity index (χ4v) is 4.65. The molecule has 1 N–H and O–H groups in total. The summed E-state index contributed by atoms with van der Waals surface area (Å²) >= 11 is 0. The van der Waals surface area contributed by atoms with Crippen LogP contribution in [0.4, 0.5) is 0 Å². The van der Waals surface area contributed by atoms with Gasteiger partial charge in [-0.05, 0) is 75.8 Å². The molecule has 1 aliphatic carbocycles. The van der Waals surface area contributed by atoms with Crippen LogP contribution in [0.1, 0.15) is 94.0 Å². The van der Waals surface area contributed by atoms with Crippen molar-refractivity contribution in [2.45, 2.75) is 91.1 Å². The first-order chi connectivity index (χ1) is 15.1. The molecule has 1 unspecified atom stereocenters. The van der Waals surface area contributed by atoms with Crippen LogP contribution >= 0.6 is 0 Å². The second-order valence-corrected chi connectivity index (χ2v) is 10.2. The van der Waals surface area contributed by atoms with Crippen molar-refractivity contribution in [3.63, 3.8) is 0 Å². The molecule has 2 aromatic carbocycles. The first-order valence-electron chi connectivity index (χ1n) is 11.9. The lowest BCUT2D eigenvalue weighted by Crippen LogP contribution is -2.27. The maximum absolute atomic E-state index is 12.0.